The molecular weight excluding hydrogens is 188 g/mol. The zero-order chi connectivity index (χ0) is 10.9. The van der Waals surface area contributed by atoms with E-state index >= 15 is 0 Å². The molecule has 2 aliphatic rings. The van der Waals surface area contributed by atoms with Crippen LogP contribution < -0.4 is 10.6 Å². The highest BCUT2D eigenvalue weighted by Gasteiger charge is 2.36. The monoisotopic (exact) mass is 210 g/mol. The highest BCUT2D eigenvalue weighted by Crippen LogP contribution is 2.25. The Kier molecular flexibility index (Phi) is 3.14. The van der Waals surface area contributed by atoms with Crippen molar-refractivity contribution in [1.82, 2.24) is 10.6 Å². The summed E-state index contributed by atoms with van der Waals surface area (Å²) in [6, 6.07) is 0. The summed E-state index contributed by atoms with van der Waals surface area (Å²) in [5.41, 5.74) is 3.23. The summed E-state index contributed by atoms with van der Waals surface area (Å²) >= 11 is 0. The van der Waals surface area contributed by atoms with E-state index in [-0.39, 0.29) is 5.54 Å². The fourth-order valence-corrected chi connectivity index (χ4v) is 2.08. The largest absolute Gasteiger partial charge is 0.377 e. The van der Waals surface area contributed by atoms with E-state index in [0.717, 1.165) is 32.7 Å². The fourth-order valence-electron chi connectivity index (χ4n) is 2.08. The van der Waals surface area contributed by atoms with E-state index in [9.17, 15) is 0 Å². The Labute approximate surface area is 92.3 Å². The Balaban J connectivity index is 1.87. The van der Waals surface area contributed by atoms with Gasteiger partial charge in [-0.1, -0.05) is 5.57 Å². The second-order valence-electron chi connectivity index (χ2n) is 5.02. The first kappa shape index (κ1) is 11.1. The maximum Gasteiger partial charge on any atom is 0.0726 e. The van der Waals surface area contributed by atoms with Gasteiger partial charge in [0.05, 0.1) is 6.10 Å². The topological polar surface area (TPSA) is 33.3 Å². The number of nitrogens with one attached hydrogen (secondary N) is 2. The number of ether oxygens (including phenoxy) is 1. The van der Waals surface area contributed by atoms with Crippen LogP contribution in [0.2, 0.25) is 0 Å². The molecule has 3 nitrogen and oxygen atoms in total. The van der Waals surface area contributed by atoms with Gasteiger partial charge in [-0.3, -0.25) is 0 Å². The predicted molar refractivity (Wildman–Crippen MR) is 62.0 cm³/mol. The zero-order valence-electron chi connectivity index (χ0n) is 10.0. The van der Waals surface area contributed by atoms with Crippen molar-refractivity contribution < 1.29 is 4.74 Å². The van der Waals surface area contributed by atoms with Gasteiger partial charge in [-0.15, -0.1) is 0 Å². The highest BCUT2D eigenvalue weighted by molar-refractivity contribution is 5.22. The first-order chi connectivity index (χ1) is 7.12. The van der Waals surface area contributed by atoms with Gasteiger partial charge in [-0.25, -0.2) is 0 Å². The van der Waals surface area contributed by atoms with Gasteiger partial charge in [0.2, 0.25) is 0 Å². The van der Waals surface area contributed by atoms with Gasteiger partial charge in [-0.05, 0) is 32.8 Å². The molecule has 3 heteroatoms. The van der Waals surface area contributed by atoms with Crippen molar-refractivity contribution in [2.75, 3.05) is 26.2 Å². The molecular formula is C12H22N2O. The summed E-state index contributed by atoms with van der Waals surface area (Å²) in [6.07, 6.45) is 1.45. The third-order valence-corrected chi connectivity index (χ3v) is 3.92. The fraction of sp³-hybridized carbons (Fsp3) is 0.833. The molecule has 0 aromatic rings. The van der Waals surface area contributed by atoms with Crippen molar-refractivity contribution in [3.05, 3.63) is 11.1 Å². The summed E-state index contributed by atoms with van der Waals surface area (Å²) in [7, 11) is 0. The summed E-state index contributed by atoms with van der Waals surface area (Å²) in [4.78, 5) is 0. The molecule has 0 amide bonds. The lowest BCUT2D eigenvalue weighted by Crippen LogP contribution is -2.49. The van der Waals surface area contributed by atoms with E-state index in [2.05, 4.69) is 31.4 Å². The van der Waals surface area contributed by atoms with Crippen LogP contribution in [0.1, 0.15) is 27.2 Å². The molecule has 2 rings (SSSR count). The van der Waals surface area contributed by atoms with Crippen LogP contribution in [-0.4, -0.2) is 37.9 Å². The Morgan fingerprint density at radius 3 is 2.80 bits per heavy atom. The first-order valence-electron chi connectivity index (χ1n) is 5.87. The van der Waals surface area contributed by atoms with Crippen LogP contribution in [0.25, 0.3) is 0 Å². The lowest BCUT2D eigenvalue weighted by Gasteiger charge is -2.30. The van der Waals surface area contributed by atoms with E-state index in [4.69, 9.17) is 4.74 Å². The van der Waals surface area contributed by atoms with Crippen LogP contribution >= 0.6 is 0 Å². The second kappa shape index (κ2) is 4.24. The Morgan fingerprint density at radius 2 is 2.33 bits per heavy atom. The maximum atomic E-state index is 5.61. The van der Waals surface area contributed by atoms with Gasteiger partial charge in [0.25, 0.3) is 0 Å². The van der Waals surface area contributed by atoms with Crippen LogP contribution in [0, 0.1) is 0 Å². The molecule has 15 heavy (non-hydrogen) atoms. The SMILES string of the molecule is CC(CNC1(C)CCOC1C)=C1CNC1. The van der Waals surface area contributed by atoms with Crippen LogP contribution in [0.5, 0.6) is 0 Å². The lowest BCUT2D eigenvalue weighted by molar-refractivity contribution is 0.0897. The smallest absolute Gasteiger partial charge is 0.0726 e. The Morgan fingerprint density at radius 1 is 1.60 bits per heavy atom. The lowest BCUT2D eigenvalue weighted by atomic mass is 9.94. The van der Waals surface area contributed by atoms with Gasteiger partial charge in [0, 0.05) is 31.8 Å². The van der Waals surface area contributed by atoms with Gasteiger partial charge in [0.15, 0.2) is 0 Å². The molecule has 0 saturated carbocycles. The molecule has 2 saturated heterocycles. The molecule has 0 radical (unpaired) electrons. The molecule has 0 bridgehead atoms. The summed E-state index contributed by atoms with van der Waals surface area (Å²) < 4.78 is 5.61. The van der Waals surface area contributed by atoms with Gasteiger partial charge in [0.1, 0.15) is 0 Å². The van der Waals surface area contributed by atoms with Crippen LogP contribution in [0.4, 0.5) is 0 Å². The number of hydrogen-bond acceptors (Lipinski definition) is 3. The van der Waals surface area contributed by atoms with Crippen molar-refractivity contribution in [2.24, 2.45) is 0 Å². The highest BCUT2D eigenvalue weighted by atomic mass is 16.5. The molecule has 0 aromatic carbocycles. The number of hydrogen-bond donors (Lipinski definition) is 2. The summed E-state index contributed by atoms with van der Waals surface area (Å²) in [5.74, 6) is 0. The molecule has 86 valence electrons. The minimum Gasteiger partial charge on any atom is -0.377 e. The minimum absolute atomic E-state index is 0.166. The summed E-state index contributed by atoms with van der Waals surface area (Å²) in [6.45, 7) is 10.7. The third kappa shape index (κ3) is 2.25. The molecule has 0 aliphatic carbocycles. The predicted octanol–water partition coefficient (Wildman–Crippen LogP) is 1.06. The van der Waals surface area contributed by atoms with E-state index in [0.29, 0.717) is 6.10 Å². The van der Waals surface area contributed by atoms with Crippen molar-refractivity contribution in [1.29, 1.82) is 0 Å². The first-order valence-corrected chi connectivity index (χ1v) is 5.87. The third-order valence-electron chi connectivity index (χ3n) is 3.92. The Hall–Kier alpha value is -0.380. The average molecular weight is 210 g/mol. The van der Waals surface area contributed by atoms with Crippen molar-refractivity contribution in [3.8, 4) is 0 Å². The minimum atomic E-state index is 0.166. The molecule has 2 N–H and O–H groups in total. The molecule has 2 fully saturated rings. The number of rotatable bonds is 3. The van der Waals surface area contributed by atoms with Crippen LogP contribution in [0.15, 0.2) is 11.1 Å². The van der Waals surface area contributed by atoms with E-state index in [1.165, 1.54) is 5.57 Å². The van der Waals surface area contributed by atoms with Crippen LogP contribution in [0.3, 0.4) is 0 Å². The Bertz CT molecular complexity index is 269. The molecule has 0 spiro atoms. The van der Waals surface area contributed by atoms with Gasteiger partial charge >= 0.3 is 0 Å². The molecule has 2 heterocycles. The van der Waals surface area contributed by atoms with Crippen LogP contribution in [-0.2, 0) is 4.74 Å². The normalized spacial score (nSPS) is 35.4. The molecule has 2 unspecified atom stereocenters. The average Bonchev–Trinajstić information content (AvgIpc) is 2.42. The quantitative estimate of drug-likeness (QED) is 0.683. The van der Waals surface area contributed by atoms with Crippen molar-refractivity contribution >= 4 is 0 Å². The van der Waals surface area contributed by atoms with Crippen molar-refractivity contribution in [3.63, 3.8) is 0 Å². The van der Waals surface area contributed by atoms with E-state index in [1.54, 1.807) is 5.57 Å². The van der Waals surface area contributed by atoms with Gasteiger partial charge < -0.3 is 15.4 Å². The van der Waals surface area contributed by atoms with Gasteiger partial charge in [-0.2, -0.15) is 0 Å². The standard InChI is InChI=1S/C12H22N2O/c1-9(11-7-13-8-11)6-14-12(3)4-5-15-10(12)2/h10,13-14H,4-8H2,1-3H3. The molecule has 2 atom stereocenters. The molecule has 0 aromatic heterocycles. The van der Waals surface area contributed by atoms with E-state index in [1.807, 2.05) is 0 Å². The van der Waals surface area contributed by atoms with Crippen molar-refractivity contribution in [2.45, 2.75) is 38.8 Å². The van der Waals surface area contributed by atoms with E-state index < -0.39 is 0 Å². The molecule has 2 aliphatic heterocycles. The summed E-state index contributed by atoms with van der Waals surface area (Å²) in [5, 5.41) is 6.92. The second-order valence-corrected chi connectivity index (χ2v) is 5.02. The zero-order valence-corrected chi connectivity index (χ0v) is 10.0. The maximum absolute atomic E-state index is 5.61.